The molecule has 0 bridgehead atoms. The Bertz CT molecular complexity index is 560. The molecule has 1 saturated heterocycles. The molecule has 2 N–H and O–H groups in total. The van der Waals surface area contributed by atoms with Crippen molar-refractivity contribution < 1.29 is 4.79 Å². The summed E-state index contributed by atoms with van der Waals surface area (Å²) >= 11 is 5.04. The molecule has 1 atom stereocenters. The summed E-state index contributed by atoms with van der Waals surface area (Å²) in [7, 11) is 1.86. The fourth-order valence-electron chi connectivity index (χ4n) is 2.73. The van der Waals surface area contributed by atoms with Crippen LogP contribution in [-0.4, -0.2) is 62.7 Å². The Morgan fingerprint density at radius 1 is 1.29 bits per heavy atom. The van der Waals surface area contributed by atoms with E-state index in [1.165, 1.54) is 0 Å². The van der Waals surface area contributed by atoms with Gasteiger partial charge in [0, 0.05) is 38.9 Å². The van der Waals surface area contributed by atoms with E-state index in [2.05, 4.69) is 10.00 Å². The Kier molecular flexibility index (Phi) is 4.63. The Labute approximate surface area is 130 Å². The van der Waals surface area contributed by atoms with Crippen LogP contribution in [-0.2, 0) is 7.05 Å². The third-order valence-electron chi connectivity index (χ3n) is 4.28. The molecule has 1 aromatic heterocycles. The third kappa shape index (κ3) is 3.08. The lowest BCUT2D eigenvalue weighted by atomic mass is 10.1. The van der Waals surface area contributed by atoms with Crippen LogP contribution in [0.5, 0.6) is 0 Å². The molecule has 2 rings (SSSR count). The maximum Gasteiger partial charge on any atom is 0.257 e. The first-order valence-corrected chi connectivity index (χ1v) is 7.56. The van der Waals surface area contributed by atoms with Crippen molar-refractivity contribution in [1.82, 2.24) is 19.6 Å². The van der Waals surface area contributed by atoms with Gasteiger partial charge < -0.3 is 10.6 Å². The number of rotatable bonds is 3. The number of thiocarbonyl (C=S) groups is 1. The number of nitrogens with two attached hydrogens (primary N) is 1. The third-order valence-corrected chi connectivity index (χ3v) is 4.62. The zero-order valence-corrected chi connectivity index (χ0v) is 13.9. The van der Waals surface area contributed by atoms with Gasteiger partial charge >= 0.3 is 0 Å². The molecule has 116 valence electrons. The highest BCUT2D eigenvalue weighted by Gasteiger charge is 2.28. The number of hydrogen-bond donors (Lipinski definition) is 1. The lowest BCUT2D eigenvalue weighted by Gasteiger charge is -2.37. The number of hydrogen-bond acceptors (Lipinski definition) is 4. The molecule has 1 aliphatic rings. The zero-order chi connectivity index (χ0) is 15.7. The molecular formula is C14H23N5OS. The van der Waals surface area contributed by atoms with Gasteiger partial charge in [-0.3, -0.25) is 14.4 Å². The molecule has 7 heteroatoms. The van der Waals surface area contributed by atoms with Gasteiger partial charge in [0.1, 0.15) is 0 Å². The second kappa shape index (κ2) is 6.11. The molecular weight excluding hydrogens is 286 g/mol. The van der Waals surface area contributed by atoms with Crippen LogP contribution in [0.3, 0.4) is 0 Å². The zero-order valence-electron chi connectivity index (χ0n) is 13.1. The van der Waals surface area contributed by atoms with Crippen LogP contribution in [0.2, 0.25) is 0 Å². The molecule has 1 unspecified atom stereocenters. The van der Waals surface area contributed by atoms with E-state index in [1.54, 1.807) is 4.68 Å². The van der Waals surface area contributed by atoms with Crippen LogP contribution in [0.25, 0.3) is 0 Å². The Morgan fingerprint density at radius 3 is 2.29 bits per heavy atom. The first kappa shape index (κ1) is 15.9. The van der Waals surface area contributed by atoms with E-state index < -0.39 is 0 Å². The van der Waals surface area contributed by atoms with Gasteiger partial charge in [0.15, 0.2) is 0 Å². The van der Waals surface area contributed by atoms with E-state index in [0.717, 1.165) is 30.0 Å². The maximum atomic E-state index is 12.7. The smallest absolute Gasteiger partial charge is 0.257 e. The molecule has 0 saturated carbocycles. The normalized spacial score (nSPS) is 17.8. The van der Waals surface area contributed by atoms with Crippen LogP contribution in [0.4, 0.5) is 0 Å². The molecule has 21 heavy (non-hydrogen) atoms. The summed E-state index contributed by atoms with van der Waals surface area (Å²) < 4.78 is 1.76. The van der Waals surface area contributed by atoms with Crippen LogP contribution in [0.15, 0.2) is 0 Å². The number of piperazine rings is 1. The van der Waals surface area contributed by atoms with Crippen molar-refractivity contribution in [3.05, 3.63) is 17.0 Å². The van der Waals surface area contributed by atoms with Crippen LogP contribution < -0.4 is 5.73 Å². The first-order chi connectivity index (χ1) is 9.82. The maximum absolute atomic E-state index is 12.7. The molecule has 6 nitrogen and oxygen atoms in total. The second-order valence-corrected chi connectivity index (χ2v) is 6.05. The van der Waals surface area contributed by atoms with Gasteiger partial charge in [-0.2, -0.15) is 5.10 Å². The highest BCUT2D eigenvalue weighted by Crippen LogP contribution is 2.16. The molecule has 1 amide bonds. The van der Waals surface area contributed by atoms with Gasteiger partial charge in [-0.05, 0) is 20.8 Å². The number of aromatic nitrogens is 2. The Balaban J connectivity index is 2.05. The Morgan fingerprint density at radius 2 is 1.86 bits per heavy atom. The predicted molar refractivity (Wildman–Crippen MR) is 86.4 cm³/mol. The summed E-state index contributed by atoms with van der Waals surface area (Å²) in [6, 6.07) is 0.0825. The highest BCUT2D eigenvalue weighted by molar-refractivity contribution is 7.80. The lowest BCUT2D eigenvalue weighted by Crippen LogP contribution is -2.54. The molecule has 1 fully saturated rings. The number of aryl methyl sites for hydroxylation is 2. The summed E-state index contributed by atoms with van der Waals surface area (Å²) in [5, 5.41) is 4.32. The standard InChI is InChI=1S/C14H23N5OS/c1-9-12(10(2)17(4)16-9)14(20)19-7-5-18(6-8-19)11(3)13(15)21/h11H,5-8H2,1-4H3,(H2,15,21). The van der Waals surface area contributed by atoms with Crippen LogP contribution in [0, 0.1) is 13.8 Å². The first-order valence-electron chi connectivity index (χ1n) is 7.15. The summed E-state index contributed by atoms with van der Waals surface area (Å²) in [5.74, 6) is 0.0701. The number of amides is 1. The summed E-state index contributed by atoms with van der Waals surface area (Å²) in [6.45, 7) is 8.80. The van der Waals surface area contributed by atoms with E-state index >= 15 is 0 Å². The number of nitrogens with zero attached hydrogens (tertiary/aromatic N) is 4. The van der Waals surface area contributed by atoms with Gasteiger partial charge in [0.25, 0.3) is 5.91 Å². The van der Waals surface area contributed by atoms with Crippen molar-refractivity contribution in [2.24, 2.45) is 12.8 Å². The topological polar surface area (TPSA) is 67.4 Å². The average Bonchev–Trinajstić information content (AvgIpc) is 2.70. The molecule has 0 aliphatic carbocycles. The fourth-order valence-corrected chi connectivity index (χ4v) is 2.88. The molecule has 0 radical (unpaired) electrons. The molecule has 1 aromatic rings. The van der Waals surface area contributed by atoms with Gasteiger partial charge in [0.05, 0.1) is 22.3 Å². The van der Waals surface area contributed by atoms with Crippen LogP contribution in [0.1, 0.15) is 28.7 Å². The largest absolute Gasteiger partial charge is 0.392 e. The fraction of sp³-hybridized carbons (Fsp3) is 0.643. The summed E-state index contributed by atoms with van der Waals surface area (Å²) in [6.07, 6.45) is 0. The van der Waals surface area contributed by atoms with E-state index in [-0.39, 0.29) is 11.9 Å². The second-order valence-electron chi connectivity index (χ2n) is 5.58. The molecule has 0 aromatic carbocycles. The van der Waals surface area contributed by atoms with Gasteiger partial charge in [-0.15, -0.1) is 0 Å². The minimum atomic E-state index is 0.0701. The van der Waals surface area contributed by atoms with Crippen molar-refractivity contribution in [1.29, 1.82) is 0 Å². The van der Waals surface area contributed by atoms with E-state index in [4.69, 9.17) is 18.0 Å². The van der Waals surface area contributed by atoms with E-state index in [1.807, 2.05) is 32.7 Å². The van der Waals surface area contributed by atoms with Crippen molar-refractivity contribution in [2.75, 3.05) is 26.2 Å². The van der Waals surface area contributed by atoms with Crippen molar-refractivity contribution in [2.45, 2.75) is 26.8 Å². The minimum absolute atomic E-state index is 0.0701. The summed E-state index contributed by atoms with van der Waals surface area (Å²) in [4.78, 5) is 17.3. The van der Waals surface area contributed by atoms with Gasteiger partial charge in [-0.1, -0.05) is 12.2 Å². The number of carbonyl (C=O) groups excluding carboxylic acids is 1. The highest BCUT2D eigenvalue weighted by atomic mass is 32.1. The SMILES string of the molecule is Cc1nn(C)c(C)c1C(=O)N1CCN(C(C)C(N)=S)CC1. The van der Waals surface area contributed by atoms with Gasteiger partial charge in [0.2, 0.25) is 0 Å². The average molecular weight is 309 g/mol. The van der Waals surface area contributed by atoms with Gasteiger partial charge in [-0.25, -0.2) is 0 Å². The quantitative estimate of drug-likeness (QED) is 0.822. The monoisotopic (exact) mass is 309 g/mol. The van der Waals surface area contributed by atoms with Crippen LogP contribution >= 0.6 is 12.2 Å². The lowest BCUT2D eigenvalue weighted by molar-refractivity contribution is 0.0620. The Hall–Kier alpha value is -1.47. The van der Waals surface area contributed by atoms with E-state index in [0.29, 0.717) is 18.1 Å². The molecule has 1 aliphatic heterocycles. The predicted octanol–water partition coefficient (Wildman–Crippen LogP) is 0.469. The molecule has 2 heterocycles. The number of carbonyl (C=O) groups is 1. The van der Waals surface area contributed by atoms with Crippen molar-refractivity contribution in [3.63, 3.8) is 0 Å². The summed E-state index contributed by atoms with van der Waals surface area (Å²) in [5.41, 5.74) is 8.13. The molecule has 0 spiro atoms. The van der Waals surface area contributed by atoms with E-state index in [9.17, 15) is 4.79 Å². The van der Waals surface area contributed by atoms with Crippen molar-refractivity contribution in [3.8, 4) is 0 Å². The minimum Gasteiger partial charge on any atom is -0.392 e. The van der Waals surface area contributed by atoms with Crippen molar-refractivity contribution >= 4 is 23.1 Å².